The standard InChI is InChI=1S/C22H28N2O3/c1-3-17(2)27-20-11-7-10-19(16-20)22(26)24(15-13-21(23)25)14-12-18-8-5-4-6-9-18/h4-11,16-17H,3,12-15H2,1-2H3,(H2,23,25). The highest BCUT2D eigenvalue weighted by atomic mass is 16.5. The Kier molecular flexibility index (Phi) is 7.86. The second-order valence-electron chi connectivity index (χ2n) is 6.61. The molecule has 0 saturated heterocycles. The summed E-state index contributed by atoms with van der Waals surface area (Å²) in [6, 6.07) is 17.1. The molecule has 2 rings (SSSR count). The van der Waals surface area contributed by atoms with Crippen molar-refractivity contribution in [3.05, 3.63) is 65.7 Å². The first-order valence-electron chi connectivity index (χ1n) is 9.37. The van der Waals surface area contributed by atoms with Gasteiger partial charge in [-0.25, -0.2) is 0 Å². The monoisotopic (exact) mass is 368 g/mol. The van der Waals surface area contributed by atoms with Crippen LogP contribution in [0.25, 0.3) is 0 Å². The third kappa shape index (κ3) is 6.77. The molecule has 0 radical (unpaired) electrons. The molecule has 5 heteroatoms. The molecule has 27 heavy (non-hydrogen) atoms. The van der Waals surface area contributed by atoms with Crippen molar-refractivity contribution < 1.29 is 14.3 Å². The fourth-order valence-corrected chi connectivity index (χ4v) is 2.67. The van der Waals surface area contributed by atoms with Gasteiger partial charge in [0.2, 0.25) is 5.91 Å². The molecule has 1 atom stereocenters. The van der Waals surface area contributed by atoms with Crippen LogP contribution in [0.5, 0.6) is 5.75 Å². The molecule has 0 aliphatic carbocycles. The number of nitrogens with two attached hydrogens (primary N) is 1. The zero-order valence-corrected chi connectivity index (χ0v) is 16.1. The number of carbonyl (C=O) groups is 2. The van der Waals surface area contributed by atoms with E-state index < -0.39 is 5.91 Å². The average molecular weight is 368 g/mol. The Morgan fingerprint density at radius 1 is 1.07 bits per heavy atom. The van der Waals surface area contributed by atoms with Gasteiger partial charge in [0.25, 0.3) is 5.91 Å². The van der Waals surface area contributed by atoms with Crippen molar-refractivity contribution in [1.29, 1.82) is 0 Å². The van der Waals surface area contributed by atoms with Gasteiger partial charge in [0.15, 0.2) is 0 Å². The number of primary amides is 1. The summed E-state index contributed by atoms with van der Waals surface area (Å²) in [5.74, 6) is 0.135. The van der Waals surface area contributed by atoms with E-state index in [9.17, 15) is 9.59 Å². The van der Waals surface area contributed by atoms with E-state index in [1.54, 1.807) is 17.0 Å². The third-order valence-electron chi connectivity index (χ3n) is 4.42. The highest BCUT2D eigenvalue weighted by Gasteiger charge is 2.17. The number of amides is 2. The highest BCUT2D eigenvalue weighted by Crippen LogP contribution is 2.18. The molecular weight excluding hydrogens is 340 g/mol. The van der Waals surface area contributed by atoms with Gasteiger partial charge < -0.3 is 15.4 Å². The molecule has 1 unspecified atom stereocenters. The van der Waals surface area contributed by atoms with Gasteiger partial charge in [-0.15, -0.1) is 0 Å². The van der Waals surface area contributed by atoms with Gasteiger partial charge in [0, 0.05) is 25.1 Å². The smallest absolute Gasteiger partial charge is 0.254 e. The number of hydrogen-bond donors (Lipinski definition) is 1. The molecule has 2 aromatic carbocycles. The zero-order chi connectivity index (χ0) is 19.6. The lowest BCUT2D eigenvalue weighted by molar-refractivity contribution is -0.118. The molecule has 0 heterocycles. The molecule has 0 fully saturated rings. The number of hydrogen-bond acceptors (Lipinski definition) is 3. The van der Waals surface area contributed by atoms with E-state index in [0.29, 0.717) is 30.8 Å². The van der Waals surface area contributed by atoms with Crippen LogP contribution < -0.4 is 10.5 Å². The van der Waals surface area contributed by atoms with E-state index in [4.69, 9.17) is 10.5 Å². The first kappa shape index (κ1) is 20.5. The average Bonchev–Trinajstić information content (AvgIpc) is 2.68. The van der Waals surface area contributed by atoms with Gasteiger partial charge in [-0.1, -0.05) is 43.3 Å². The molecule has 144 valence electrons. The van der Waals surface area contributed by atoms with E-state index in [1.165, 1.54) is 0 Å². The minimum absolute atomic E-state index is 0.0828. The lowest BCUT2D eigenvalue weighted by Crippen LogP contribution is -2.35. The van der Waals surface area contributed by atoms with Crippen molar-refractivity contribution in [3.63, 3.8) is 0 Å². The van der Waals surface area contributed by atoms with Crippen LogP contribution in [0.4, 0.5) is 0 Å². The fourth-order valence-electron chi connectivity index (χ4n) is 2.67. The van der Waals surface area contributed by atoms with Crippen molar-refractivity contribution in [3.8, 4) is 5.75 Å². The van der Waals surface area contributed by atoms with Gasteiger partial charge >= 0.3 is 0 Å². The maximum absolute atomic E-state index is 13.0. The predicted molar refractivity (Wildman–Crippen MR) is 107 cm³/mol. The van der Waals surface area contributed by atoms with Gasteiger partial charge in [0.05, 0.1) is 6.10 Å². The van der Waals surface area contributed by atoms with Crippen LogP contribution in [-0.4, -0.2) is 35.9 Å². The molecule has 0 aromatic heterocycles. The van der Waals surface area contributed by atoms with Gasteiger partial charge in [0.1, 0.15) is 5.75 Å². The van der Waals surface area contributed by atoms with Crippen LogP contribution in [-0.2, 0) is 11.2 Å². The minimum Gasteiger partial charge on any atom is -0.491 e. The summed E-state index contributed by atoms with van der Waals surface area (Å²) in [4.78, 5) is 25.9. The molecule has 0 bridgehead atoms. The summed E-state index contributed by atoms with van der Waals surface area (Å²) in [6.45, 7) is 4.87. The maximum atomic E-state index is 13.0. The fraction of sp³-hybridized carbons (Fsp3) is 0.364. The Bertz CT molecular complexity index is 746. The van der Waals surface area contributed by atoms with E-state index in [2.05, 4.69) is 6.92 Å². The summed E-state index contributed by atoms with van der Waals surface area (Å²) < 4.78 is 5.82. The molecule has 0 aliphatic rings. The van der Waals surface area contributed by atoms with E-state index in [0.717, 1.165) is 12.0 Å². The van der Waals surface area contributed by atoms with Crippen LogP contribution in [0.3, 0.4) is 0 Å². The van der Waals surface area contributed by atoms with Crippen LogP contribution in [0, 0.1) is 0 Å². The molecule has 5 nitrogen and oxygen atoms in total. The Hall–Kier alpha value is -2.82. The number of benzene rings is 2. The van der Waals surface area contributed by atoms with Gasteiger partial charge in [-0.05, 0) is 43.5 Å². The largest absolute Gasteiger partial charge is 0.491 e. The molecule has 0 spiro atoms. The number of ether oxygens (including phenoxy) is 1. The summed E-state index contributed by atoms with van der Waals surface area (Å²) >= 11 is 0. The molecule has 0 aliphatic heterocycles. The normalized spacial score (nSPS) is 11.6. The third-order valence-corrected chi connectivity index (χ3v) is 4.42. The van der Waals surface area contributed by atoms with Crippen molar-refractivity contribution in [1.82, 2.24) is 4.90 Å². The van der Waals surface area contributed by atoms with Crippen LogP contribution in [0.15, 0.2) is 54.6 Å². The Labute approximate surface area is 161 Å². The molecule has 2 aromatic rings. The van der Waals surface area contributed by atoms with Crippen LogP contribution in [0.2, 0.25) is 0 Å². The number of rotatable bonds is 10. The Balaban J connectivity index is 2.12. The number of nitrogens with zero attached hydrogens (tertiary/aromatic N) is 1. The topological polar surface area (TPSA) is 72.6 Å². The molecular formula is C22H28N2O3. The quantitative estimate of drug-likeness (QED) is 0.698. The van der Waals surface area contributed by atoms with Crippen molar-refractivity contribution >= 4 is 11.8 Å². The second kappa shape index (κ2) is 10.4. The van der Waals surface area contributed by atoms with Crippen molar-refractivity contribution in [2.75, 3.05) is 13.1 Å². The highest BCUT2D eigenvalue weighted by molar-refractivity contribution is 5.94. The first-order chi connectivity index (χ1) is 13.0. The van der Waals surface area contributed by atoms with Gasteiger partial charge in [-0.2, -0.15) is 0 Å². The summed E-state index contributed by atoms with van der Waals surface area (Å²) in [7, 11) is 0. The summed E-state index contributed by atoms with van der Waals surface area (Å²) in [5, 5.41) is 0. The van der Waals surface area contributed by atoms with Crippen molar-refractivity contribution in [2.45, 2.75) is 39.2 Å². The van der Waals surface area contributed by atoms with Crippen molar-refractivity contribution in [2.24, 2.45) is 5.73 Å². The lowest BCUT2D eigenvalue weighted by atomic mass is 10.1. The van der Waals surface area contributed by atoms with Crippen LogP contribution in [0.1, 0.15) is 42.6 Å². The van der Waals surface area contributed by atoms with E-state index >= 15 is 0 Å². The predicted octanol–water partition coefficient (Wildman–Crippen LogP) is 3.42. The number of carbonyl (C=O) groups excluding carboxylic acids is 2. The maximum Gasteiger partial charge on any atom is 0.254 e. The van der Waals surface area contributed by atoms with E-state index in [-0.39, 0.29) is 18.4 Å². The minimum atomic E-state index is -0.415. The van der Waals surface area contributed by atoms with E-state index in [1.807, 2.05) is 49.4 Å². The SMILES string of the molecule is CCC(C)Oc1cccc(C(=O)N(CCC(N)=O)CCc2ccccc2)c1. The second-order valence-corrected chi connectivity index (χ2v) is 6.61. The summed E-state index contributed by atoms with van der Waals surface area (Å²) in [6.07, 6.45) is 1.83. The Morgan fingerprint density at radius 3 is 2.48 bits per heavy atom. The molecule has 0 saturated carbocycles. The van der Waals surface area contributed by atoms with Crippen LogP contribution >= 0.6 is 0 Å². The summed E-state index contributed by atoms with van der Waals surface area (Å²) in [5.41, 5.74) is 6.98. The zero-order valence-electron chi connectivity index (χ0n) is 16.1. The van der Waals surface area contributed by atoms with Gasteiger partial charge in [-0.3, -0.25) is 9.59 Å². The molecule has 2 amide bonds. The lowest BCUT2D eigenvalue weighted by Gasteiger charge is -2.23. The first-order valence-corrected chi connectivity index (χ1v) is 9.37. The molecule has 2 N–H and O–H groups in total. The Morgan fingerprint density at radius 2 is 1.81 bits per heavy atom.